The molecule has 0 bridgehead atoms. The molecule has 1 N–H and O–H groups in total. The van der Waals surface area contributed by atoms with Crippen molar-refractivity contribution in [3.63, 3.8) is 0 Å². The maximum absolute atomic E-state index is 12.0. The zero-order chi connectivity index (χ0) is 17.2. The Morgan fingerprint density at radius 2 is 1.74 bits per heavy atom. The highest BCUT2D eigenvalue weighted by Gasteiger charge is 2.32. The topological polar surface area (TPSA) is 79.0 Å². The van der Waals surface area contributed by atoms with Gasteiger partial charge in [0.05, 0.1) is 6.61 Å². The third-order valence-electron chi connectivity index (χ3n) is 4.35. The summed E-state index contributed by atoms with van der Waals surface area (Å²) >= 11 is 0. The largest absolute Gasteiger partial charge is 0.450 e. The average Bonchev–Trinajstić information content (AvgIpc) is 2.54. The van der Waals surface area contributed by atoms with Gasteiger partial charge in [0.2, 0.25) is 0 Å². The van der Waals surface area contributed by atoms with Gasteiger partial charge in [-0.15, -0.1) is 0 Å². The van der Waals surface area contributed by atoms with E-state index in [1.807, 2.05) is 25.7 Å². The van der Waals surface area contributed by atoms with E-state index in [-0.39, 0.29) is 11.6 Å². The summed E-state index contributed by atoms with van der Waals surface area (Å²) in [5, 5.41) is 3.19. The van der Waals surface area contributed by atoms with Crippen molar-refractivity contribution in [2.24, 2.45) is 0 Å². The van der Waals surface area contributed by atoms with E-state index in [0.29, 0.717) is 44.2 Å². The monoisotopic (exact) mass is 323 g/mol. The van der Waals surface area contributed by atoms with Crippen LogP contribution in [0.3, 0.4) is 0 Å². The van der Waals surface area contributed by atoms with E-state index in [1.165, 1.54) is 0 Å². The first-order valence-electron chi connectivity index (χ1n) is 8.09. The van der Waals surface area contributed by atoms with Crippen molar-refractivity contribution in [2.75, 3.05) is 43.0 Å². The van der Waals surface area contributed by atoms with E-state index < -0.39 is 10.9 Å². The van der Waals surface area contributed by atoms with Gasteiger partial charge in [0.15, 0.2) is 0 Å². The molecule has 0 aliphatic carbocycles. The zero-order valence-corrected chi connectivity index (χ0v) is 14.3. The molecular formula is C16H25N3O4. The lowest BCUT2D eigenvalue weighted by molar-refractivity contribution is 0.105. The van der Waals surface area contributed by atoms with Crippen LogP contribution in [-0.2, 0) is 4.74 Å². The smallest absolute Gasteiger partial charge is 0.409 e. The Morgan fingerprint density at radius 1 is 1.13 bits per heavy atom. The lowest BCUT2D eigenvalue weighted by atomic mass is 10.00. The first-order chi connectivity index (χ1) is 10.8. The molecule has 1 aliphatic heterocycles. The third-order valence-corrected chi connectivity index (χ3v) is 4.35. The minimum Gasteiger partial charge on any atom is -0.450 e. The van der Waals surface area contributed by atoms with Crippen molar-refractivity contribution in [3.8, 4) is 0 Å². The summed E-state index contributed by atoms with van der Waals surface area (Å²) in [5.74, 6) is 0. The minimum atomic E-state index is -0.450. The van der Waals surface area contributed by atoms with Gasteiger partial charge in [0, 0.05) is 31.7 Å². The molecule has 1 saturated heterocycles. The number of ether oxygens (including phenoxy) is 1. The Kier molecular flexibility index (Phi) is 4.97. The molecular weight excluding hydrogens is 298 g/mol. The standard InChI is InChI=1S/C16H25N3O4/c1-5-16(3,4)17-11-12(14(21)13(11)20)18-7-9-19(10-8-18)15(22)23-6-2/h17H,5-10H2,1-4H3. The second-order valence-electron chi connectivity index (χ2n) is 6.42. The minimum absolute atomic E-state index is 0.246. The molecule has 128 valence electrons. The zero-order valence-electron chi connectivity index (χ0n) is 14.3. The fourth-order valence-electron chi connectivity index (χ4n) is 2.55. The molecule has 0 unspecified atom stereocenters. The van der Waals surface area contributed by atoms with Crippen LogP contribution in [0.25, 0.3) is 0 Å². The van der Waals surface area contributed by atoms with E-state index in [1.54, 1.807) is 11.8 Å². The number of hydrogen-bond donors (Lipinski definition) is 1. The second-order valence-corrected chi connectivity index (χ2v) is 6.42. The Labute approximate surface area is 135 Å². The summed E-state index contributed by atoms with van der Waals surface area (Å²) in [4.78, 5) is 39.1. The van der Waals surface area contributed by atoms with E-state index in [9.17, 15) is 14.4 Å². The summed E-state index contributed by atoms with van der Waals surface area (Å²) in [6.07, 6.45) is 0.504. The lowest BCUT2D eigenvalue weighted by Gasteiger charge is -2.37. The summed E-state index contributed by atoms with van der Waals surface area (Å²) in [6, 6.07) is 0. The van der Waals surface area contributed by atoms with Gasteiger partial charge in [-0.25, -0.2) is 4.79 Å². The number of nitrogens with zero attached hydrogens (tertiary/aromatic N) is 2. The van der Waals surface area contributed by atoms with Crippen molar-refractivity contribution >= 4 is 17.5 Å². The molecule has 23 heavy (non-hydrogen) atoms. The molecule has 1 aromatic rings. The van der Waals surface area contributed by atoms with Gasteiger partial charge in [-0.1, -0.05) is 6.92 Å². The van der Waals surface area contributed by atoms with Crippen LogP contribution in [0, 0.1) is 0 Å². The number of amides is 1. The predicted molar refractivity (Wildman–Crippen MR) is 90.2 cm³/mol. The molecule has 7 heteroatoms. The molecule has 0 aromatic heterocycles. The van der Waals surface area contributed by atoms with Gasteiger partial charge in [-0.05, 0) is 27.2 Å². The van der Waals surface area contributed by atoms with Crippen LogP contribution in [0.1, 0.15) is 34.1 Å². The van der Waals surface area contributed by atoms with E-state index >= 15 is 0 Å². The first kappa shape index (κ1) is 17.3. The molecule has 2 rings (SSSR count). The highest BCUT2D eigenvalue weighted by Crippen LogP contribution is 2.25. The van der Waals surface area contributed by atoms with Gasteiger partial charge >= 0.3 is 6.09 Å². The predicted octanol–water partition coefficient (Wildman–Crippen LogP) is 1.16. The molecule has 0 spiro atoms. The van der Waals surface area contributed by atoms with Crippen LogP contribution < -0.4 is 21.1 Å². The molecule has 1 amide bonds. The molecule has 1 heterocycles. The second kappa shape index (κ2) is 6.60. The fraction of sp³-hybridized carbons (Fsp3) is 0.688. The average molecular weight is 323 g/mol. The molecule has 7 nitrogen and oxygen atoms in total. The molecule has 0 atom stereocenters. The van der Waals surface area contributed by atoms with Crippen molar-refractivity contribution in [3.05, 3.63) is 20.4 Å². The Balaban J connectivity index is 2.07. The van der Waals surface area contributed by atoms with E-state index in [4.69, 9.17) is 4.74 Å². The summed E-state index contributed by atoms with van der Waals surface area (Å²) in [6.45, 7) is 10.1. The highest BCUT2D eigenvalue weighted by atomic mass is 16.6. The van der Waals surface area contributed by atoms with Crippen LogP contribution in [0.15, 0.2) is 9.59 Å². The van der Waals surface area contributed by atoms with Gasteiger partial charge < -0.3 is 19.9 Å². The van der Waals surface area contributed by atoms with Crippen LogP contribution in [0.4, 0.5) is 16.2 Å². The van der Waals surface area contributed by atoms with Crippen LogP contribution in [0.2, 0.25) is 0 Å². The molecule has 1 aromatic carbocycles. The number of rotatable bonds is 5. The maximum atomic E-state index is 12.0. The fourth-order valence-corrected chi connectivity index (χ4v) is 2.55. The van der Waals surface area contributed by atoms with Crippen LogP contribution >= 0.6 is 0 Å². The Hall–Kier alpha value is -2.05. The van der Waals surface area contributed by atoms with E-state index in [0.717, 1.165) is 6.42 Å². The van der Waals surface area contributed by atoms with Crippen LogP contribution in [0.5, 0.6) is 0 Å². The Morgan fingerprint density at radius 3 is 2.26 bits per heavy atom. The quantitative estimate of drug-likeness (QED) is 0.819. The van der Waals surface area contributed by atoms with Gasteiger partial charge in [0.1, 0.15) is 11.4 Å². The summed E-state index contributed by atoms with van der Waals surface area (Å²) in [5.41, 5.74) is -0.270. The molecule has 0 saturated carbocycles. The van der Waals surface area contributed by atoms with Gasteiger partial charge in [-0.2, -0.15) is 0 Å². The number of nitrogens with one attached hydrogen (secondary N) is 1. The number of carbonyl (C=O) groups is 1. The van der Waals surface area contributed by atoms with Gasteiger partial charge in [-0.3, -0.25) is 9.59 Å². The molecule has 1 aliphatic rings. The van der Waals surface area contributed by atoms with Crippen LogP contribution in [-0.4, -0.2) is 49.3 Å². The Bertz CT molecular complexity index is 638. The van der Waals surface area contributed by atoms with Crippen molar-refractivity contribution < 1.29 is 9.53 Å². The number of anilines is 2. The summed E-state index contributed by atoms with van der Waals surface area (Å²) < 4.78 is 4.98. The maximum Gasteiger partial charge on any atom is 0.409 e. The molecule has 1 fully saturated rings. The lowest BCUT2D eigenvalue weighted by Crippen LogP contribution is -2.53. The highest BCUT2D eigenvalue weighted by molar-refractivity contribution is 5.76. The first-order valence-corrected chi connectivity index (χ1v) is 8.09. The summed E-state index contributed by atoms with van der Waals surface area (Å²) in [7, 11) is 0. The molecule has 0 radical (unpaired) electrons. The van der Waals surface area contributed by atoms with Crippen molar-refractivity contribution in [1.29, 1.82) is 0 Å². The van der Waals surface area contributed by atoms with Gasteiger partial charge in [0.25, 0.3) is 10.9 Å². The number of piperazine rings is 1. The SMILES string of the molecule is CCOC(=O)N1CCN(c2c(NC(C)(C)CC)c(=O)c2=O)CC1. The number of carbonyl (C=O) groups excluding carboxylic acids is 1. The number of hydrogen-bond acceptors (Lipinski definition) is 6. The normalized spacial score (nSPS) is 15.8. The van der Waals surface area contributed by atoms with Crippen molar-refractivity contribution in [2.45, 2.75) is 39.7 Å². The third kappa shape index (κ3) is 3.48. The van der Waals surface area contributed by atoms with E-state index in [2.05, 4.69) is 5.32 Å². The van der Waals surface area contributed by atoms with Crippen molar-refractivity contribution in [1.82, 2.24) is 4.90 Å².